The van der Waals surface area contributed by atoms with Crippen LogP contribution in [-0.2, 0) is 9.53 Å². The number of carbonyl (C=O) groups is 1. The molecule has 0 aliphatic carbocycles. The number of aliphatic hydroxyl groups is 1. The highest BCUT2D eigenvalue weighted by molar-refractivity contribution is 5.78. The van der Waals surface area contributed by atoms with Crippen molar-refractivity contribution in [3.05, 3.63) is 0 Å². The van der Waals surface area contributed by atoms with E-state index in [1.54, 1.807) is 0 Å². The zero-order valence-corrected chi connectivity index (χ0v) is 10.9. The van der Waals surface area contributed by atoms with Gasteiger partial charge in [0.25, 0.3) is 0 Å². The van der Waals surface area contributed by atoms with Crippen molar-refractivity contribution >= 4 is 5.91 Å². The van der Waals surface area contributed by atoms with E-state index in [1.807, 2.05) is 13.8 Å². The molecule has 2 unspecified atom stereocenters. The summed E-state index contributed by atoms with van der Waals surface area (Å²) >= 11 is 0. The minimum Gasteiger partial charge on any atom is -0.396 e. The summed E-state index contributed by atoms with van der Waals surface area (Å²) in [4.78, 5) is 12.1. The summed E-state index contributed by atoms with van der Waals surface area (Å²) in [5, 5.41) is 11.9. The topological polar surface area (TPSA) is 58.6 Å². The summed E-state index contributed by atoms with van der Waals surface area (Å²) in [6.45, 7) is 5.70. The zero-order valence-electron chi connectivity index (χ0n) is 10.9. The molecule has 1 aliphatic rings. The standard InChI is InChI=1S/C13H25NO3/c1-3-12(4-7-15)14-13(16)10(2)11-5-8-17-9-6-11/h10-12,15H,3-9H2,1-2H3,(H,14,16). The van der Waals surface area contributed by atoms with E-state index in [1.165, 1.54) is 0 Å². The van der Waals surface area contributed by atoms with E-state index in [2.05, 4.69) is 5.32 Å². The molecule has 0 radical (unpaired) electrons. The number of ether oxygens (including phenoxy) is 1. The van der Waals surface area contributed by atoms with Crippen LogP contribution in [0.5, 0.6) is 0 Å². The lowest BCUT2D eigenvalue weighted by molar-refractivity contribution is -0.128. The maximum Gasteiger partial charge on any atom is 0.223 e. The van der Waals surface area contributed by atoms with Crippen molar-refractivity contribution in [2.75, 3.05) is 19.8 Å². The predicted molar refractivity (Wildman–Crippen MR) is 66.6 cm³/mol. The van der Waals surface area contributed by atoms with Crippen molar-refractivity contribution in [3.63, 3.8) is 0 Å². The Balaban J connectivity index is 2.39. The molecule has 0 spiro atoms. The Morgan fingerprint density at radius 2 is 2.12 bits per heavy atom. The summed E-state index contributed by atoms with van der Waals surface area (Å²) in [5.74, 6) is 0.610. The third kappa shape index (κ3) is 4.64. The fourth-order valence-corrected chi connectivity index (χ4v) is 2.30. The normalized spacial score (nSPS) is 20.9. The molecule has 0 saturated carbocycles. The monoisotopic (exact) mass is 243 g/mol. The van der Waals surface area contributed by atoms with Crippen molar-refractivity contribution in [2.24, 2.45) is 11.8 Å². The third-order valence-corrected chi connectivity index (χ3v) is 3.70. The van der Waals surface area contributed by atoms with Crippen LogP contribution in [0, 0.1) is 11.8 Å². The number of aliphatic hydroxyl groups excluding tert-OH is 1. The van der Waals surface area contributed by atoms with Gasteiger partial charge >= 0.3 is 0 Å². The quantitative estimate of drug-likeness (QED) is 0.740. The van der Waals surface area contributed by atoms with Crippen molar-refractivity contribution in [2.45, 2.75) is 45.6 Å². The molecule has 0 bridgehead atoms. The molecule has 1 aliphatic heterocycles. The van der Waals surface area contributed by atoms with Gasteiger partial charge in [-0.05, 0) is 31.6 Å². The number of carbonyl (C=O) groups excluding carboxylic acids is 1. The molecule has 1 fully saturated rings. The lowest BCUT2D eigenvalue weighted by Gasteiger charge is -2.28. The Morgan fingerprint density at radius 3 is 2.65 bits per heavy atom. The van der Waals surface area contributed by atoms with Crippen molar-refractivity contribution in [1.29, 1.82) is 0 Å². The average molecular weight is 243 g/mol. The Labute approximate surface area is 104 Å². The third-order valence-electron chi connectivity index (χ3n) is 3.70. The van der Waals surface area contributed by atoms with E-state index in [4.69, 9.17) is 9.84 Å². The van der Waals surface area contributed by atoms with Gasteiger partial charge in [0.05, 0.1) is 0 Å². The van der Waals surface area contributed by atoms with Crippen LogP contribution < -0.4 is 5.32 Å². The molecule has 0 aromatic rings. The molecule has 1 rings (SSSR count). The van der Waals surface area contributed by atoms with Gasteiger partial charge in [-0.15, -0.1) is 0 Å². The summed E-state index contributed by atoms with van der Waals surface area (Å²) in [7, 11) is 0. The molecule has 100 valence electrons. The first-order valence-electron chi connectivity index (χ1n) is 6.68. The van der Waals surface area contributed by atoms with Gasteiger partial charge in [-0.1, -0.05) is 13.8 Å². The van der Waals surface area contributed by atoms with E-state index in [9.17, 15) is 4.79 Å². The lowest BCUT2D eigenvalue weighted by Crippen LogP contribution is -2.41. The molecule has 1 amide bonds. The minimum absolute atomic E-state index is 0.0478. The highest BCUT2D eigenvalue weighted by Gasteiger charge is 2.26. The van der Waals surface area contributed by atoms with E-state index in [0.29, 0.717) is 12.3 Å². The average Bonchev–Trinajstić information content (AvgIpc) is 2.38. The van der Waals surface area contributed by atoms with E-state index >= 15 is 0 Å². The second-order valence-electron chi connectivity index (χ2n) is 4.86. The molecular weight excluding hydrogens is 218 g/mol. The molecule has 0 aromatic heterocycles. The second-order valence-corrected chi connectivity index (χ2v) is 4.86. The highest BCUT2D eigenvalue weighted by Crippen LogP contribution is 2.23. The number of amides is 1. The maximum atomic E-state index is 12.1. The van der Waals surface area contributed by atoms with Crippen LogP contribution in [0.2, 0.25) is 0 Å². The smallest absolute Gasteiger partial charge is 0.223 e. The van der Waals surface area contributed by atoms with Crippen LogP contribution in [-0.4, -0.2) is 36.9 Å². The molecular formula is C13H25NO3. The Kier molecular flexibility index (Phi) is 6.52. The number of hydrogen-bond acceptors (Lipinski definition) is 3. The Bertz CT molecular complexity index is 227. The molecule has 2 N–H and O–H groups in total. The van der Waals surface area contributed by atoms with Crippen molar-refractivity contribution in [3.8, 4) is 0 Å². The van der Waals surface area contributed by atoms with Gasteiger partial charge in [0.1, 0.15) is 0 Å². The molecule has 1 saturated heterocycles. The van der Waals surface area contributed by atoms with Gasteiger partial charge in [0.15, 0.2) is 0 Å². The predicted octanol–water partition coefficient (Wildman–Crippen LogP) is 1.33. The zero-order chi connectivity index (χ0) is 12.7. The number of hydrogen-bond donors (Lipinski definition) is 2. The summed E-state index contributed by atoms with van der Waals surface area (Å²) in [6, 6.07) is 0.106. The van der Waals surface area contributed by atoms with Gasteiger partial charge < -0.3 is 15.2 Å². The van der Waals surface area contributed by atoms with E-state index in [-0.39, 0.29) is 24.5 Å². The second kappa shape index (κ2) is 7.67. The molecule has 4 heteroatoms. The fraction of sp³-hybridized carbons (Fsp3) is 0.923. The minimum atomic E-state index is 0.0478. The van der Waals surface area contributed by atoms with Crippen LogP contribution in [0.3, 0.4) is 0 Å². The van der Waals surface area contributed by atoms with Crippen molar-refractivity contribution < 1.29 is 14.6 Å². The van der Waals surface area contributed by atoms with Crippen LogP contribution >= 0.6 is 0 Å². The van der Waals surface area contributed by atoms with Crippen molar-refractivity contribution in [1.82, 2.24) is 5.32 Å². The molecule has 4 nitrogen and oxygen atoms in total. The van der Waals surface area contributed by atoms with Gasteiger partial charge in [0, 0.05) is 31.8 Å². The Hall–Kier alpha value is -0.610. The van der Waals surface area contributed by atoms with Gasteiger partial charge in [-0.25, -0.2) is 0 Å². The molecule has 0 aromatic carbocycles. The maximum absolute atomic E-state index is 12.1. The fourth-order valence-electron chi connectivity index (χ4n) is 2.30. The van der Waals surface area contributed by atoms with Gasteiger partial charge in [-0.2, -0.15) is 0 Å². The van der Waals surface area contributed by atoms with Crippen LogP contribution in [0.25, 0.3) is 0 Å². The summed E-state index contributed by atoms with van der Waals surface area (Å²) in [6.07, 6.45) is 3.46. The summed E-state index contributed by atoms with van der Waals surface area (Å²) < 4.78 is 5.31. The van der Waals surface area contributed by atoms with Gasteiger partial charge in [-0.3, -0.25) is 4.79 Å². The number of nitrogens with one attached hydrogen (secondary N) is 1. The van der Waals surface area contributed by atoms with E-state index in [0.717, 1.165) is 32.5 Å². The SMILES string of the molecule is CCC(CCO)NC(=O)C(C)C1CCOCC1. The van der Waals surface area contributed by atoms with E-state index < -0.39 is 0 Å². The number of rotatable bonds is 6. The van der Waals surface area contributed by atoms with Crippen LogP contribution in [0.15, 0.2) is 0 Å². The lowest BCUT2D eigenvalue weighted by atomic mass is 9.86. The molecule has 17 heavy (non-hydrogen) atoms. The first-order chi connectivity index (χ1) is 8.19. The summed E-state index contributed by atoms with van der Waals surface area (Å²) in [5.41, 5.74) is 0. The van der Waals surface area contributed by atoms with Crippen LogP contribution in [0.4, 0.5) is 0 Å². The largest absolute Gasteiger partial charge is 0.396 e. The van der Waals surface area contributed by atoms with Gasteiger partial charge in [0.2, 0.25) is 5.91 Å². The Morgan fingerprint density at radius 1 is 1.47 bits per heavy atom. The van der Waals surface area contributed by atoms with Crippen LogP contribution in [0.1, 0.15) is 39.5 Å². The highest BCUT2D eigenvalue weighted by atomic mass is 16.5. The first-order valence-corrected chi connectivity index (χ1v) is 6.68. The first kappa shape index (κ1) is 14.5. The molecule has 2 atom stereocenters. The molecule has 1 heterocycles.